The van der Waals surface area contributed by atoms with Crippen LogP contribution in [0.4, 0.5) is 0 Å². The Balaban J connectivity index is 1.89. The number of hydroxylamine groups is 1. The topological polar surface area (TPSA) is 95.9 Å². The summed E-state index contributed by atoms with van der Waals surface area (Å²) in [7, 11) is -2.04. The molecule has 2 unspecified atom stereocenters. The maximum Gasteiger partial charge on any atom is 0.260 e. The highest BCUT2D eigenvalue weighted by Gasteiger charge is 2.39. The molecular weight excluding hydrogens is 404 g/mol. The Morgan fingerprint density at radius 2 is 1.89 bits per heavy atom. The van der Waals surface area contributed by atoms with Gasteiger partial charge in [-0.25, -0.2) is 13.9 Å². The smallest absolute Gasteiger partial charge is 0.260 e. The molecule has 0 bridgehead atoms. The van der Waals surface area contributed by atoms with Gasteiger partial charge in [-0.1, -0.05) is 23.7 Å². The zero-order valence-corrected chi connectivity index (χ0v) is 16.8. The quantitative estimate of drug-likeness (QED) is 0.566. The highest BCUT2D eigenvalue weighted by molar-refractivity contribution is 7.92. The fourth-order valence-electron chi connectivity index (χ4n) is 3.29. The van der Waals surface area contributed by atoms with Crippen molar-refractivity contribution >= 4 is 27.3 Å². The second kappa shape index (κ2) is 8.48. The maximum atomic E-state index is 13.3. The van der Waals surface area contributed by atoms with E-state index in [-0.39, 0.29) is 17.1 Å². The van der Waals surface area contributed by atoms with E-state index in [9.17, 15) is 13.2 Å². The summed E-state index contributed by atoms with van der Waals surface area (Å²) in [4.78, 5) is 13.7. The van der Waals surface area contributed by atoms with Crippen LogP contribution in [0.1, 0.15) is 12.8 Å². The van der Waals surface area contributed by atoms with Crippen molar-refractivity contribution in [2.75, 3.05) is 13.6 Å². The van der Waals surface area contributed by atoms with Gasteiger partial charge in [0, 0.05) is 5.02 Å². The third-order valence-corrected chi connectivity index (χ3v) is 7.38. The first-order valence-electron chi connectivity index (χ1n) is 8.73. The summed E-state index contributed by atoms with van der Waals surface area (Å²) in [6, 6.07) is 12.3. The molecule has 1 heterocycles. The first-order valence-corrected chi connectivity index (χ1v) is 10.7. The molecule has 0 aromatic heterocycles. The van der Waals surface area contributed by atoms with Gasteiger partial charge in [-0.15, -0.1) is 0 Å². The summed E-state index contributed by atoms with van der Waals surface area (Å²) in [6.07, 6.45) is 0.462. The van der Waals surface area contributed by atoms with Crippen LogP contribution in [0.3, 0.4) is 0 Å². The Hall–Kier alpha value is -2.13. The fourth-order valence-corrected chi connectivity index (χ4v) is 5.29. The molecule has 2 aromatic carbocycles. The van der Waals surface area contributed by atoms with Crippen molar-refractivity contribution in [3.63, 3.8) is 0 Å². The standard InChI is InChI=1S/C19H21ClN2O5S/c1-22-11-10-15(12-16(22)19(23)21-24)28(25,26)18-5-3-2-4-17(18)27-14-8-6-13(20)7-9-14/h2-9,15-16,24H,10-12H2,1H3,(H,21,23). The highest BCUT2D eigenvalue weighted by atomic mass is 35.5. The molecule has 0 aliphatic carbocycles. The molecule has 28 heavy (non-hydrogen) atoms. The van der Waals surface area contributed by atoms with Crippen LogP contribution in [-0.2, 0) is 14.6 Å². The molecule has 2 atom stereocenters. The molecule has 2 N–H and O–H groups in total. The molecule has 1 saturated heterocycles. The minimum atomic E-state index is -3.76. The lowest BCUT2D eigenvalue weighted by Crippen LogP contribution is -2.51. The molecule has 3 rings (SSSR count). The van der Waals surface area contributed by atoms with Gasteiger partial charge in [0.15, 0.2) is 9.84 Å². The lowest BCUT2D eigenvalue weighted by molar-refractivity contribution is -0.135. The minimum absolute atomic E-state index is 0.0719. The van der Waals surface area contributed by atoms with E-state index in [4.69, 9.17) is 21.5 Å². The van der Waals surface area contributed by atoms with Gasteiger partial charge in [0.05, 0.1) is 11.3 Å². The van der Waals surface area contributed by atoms with Crippen LogP contribution in [0.2, 0.25) is 5.02 Å². The number of para-hydroxylation sites is 1. The summed E-state index contributed by atoms with van der Waals surface area (Å²) in [5, 5.41) is 8.72. The van der Waals surface area contributed by atoms with Gasteiger partial charge in [0.25, 0.3) is 5.91 Å². The predicted molar refractivity (Wildman–Crippen MR) is 105 cm³/mol. The van der Waals surface area contributed by atoms with Crippen LogP contribution in [0, 0.1) is 0 Å². The second-order valence-corrected chi connectivity index (χ2v) is 9.30. The van der Waals surface area contributed by atoms with Crippen LogP contribution in [-0.4, -0.2) is 49.3 Å². The van der Waals surface area contributed by atoms with Gasteiger partial charge < -0.3 is 4.74 Å². The number of ether oxygens (including phenoxy) is 1. The normalized spacial score (nSPS) is 20.5. The van der Waals surface area contributed by atoms with Crippen LogP contribution in [0.15, 0.2) is 53.4 Å². The fraction of sp³-hybridized carbons (Fsp3) is 0.316. The first kappa shape index (κ1) is 20.6. The van der Waals surface area contributed by atoms with Crippen LogP contribution >= 0.6 is 11.6 Å². The van der Waals surface area contributed by atoms with Crippen LogP contribution in [0.5, 0.6) is 11.5 Å². The van der Waals surface area contributed by atoms with Crippen LogP contribution in [0.25, 0.3) is 0 Å². The van der Waals surface area contributed by atoms with Crippen molar-refractivity contribution in [1.29, 1.82) is 0 Å². The molecule has 1 aliphatic heterocycles. The number of amides is 1. The minimum Gasteiger partial charge on any atom is -0.456 e. The van der Waals surface area contributed by atoms with E-state index >= 15 is 0 Å². The third-order valence-electron chi connectivity index (χ3n) is 4.87. The number of hydrogen-bond acceptors (Lipinski definition) is 6. The van der Waals surface area contributed by atoms with Crippen LogP contribution < -0.4 is 10.2 Å². The molecule has 1 aliphatic rings. The van der Waals surface area contributed by atoms with Crippen molar-refractivity contribution in [3.05, 3.63) is 53.6 Å². The summed E-state index contributed by atoms with van der Waals surface area (Å²) in [6.45, 7) is 0.419. The molecule has 0 radical (unpaired) electrons. The molecule has 1 amide bonds. The van der Waals surface area contributed by atoms with E-state index in [1.54, 1.807) is 59.9 Å². The Labute approximate surface area is 168 Å². The molecule has 150 valence electrons. The van der Waals surface area contributed by atoms with Gasteiger partial charge in [0.1, 0.15) is 16.4 Å². The largest absolute Gasteiger partial charge is 0.456 e. The van der Waals surface area contributed by atoms with E-state index in [2.05, 4.69) is 0 Å². The van der Waals surface area contributed by atoms with Crippen molar-refractivity contribution in [2.24, 2.45) is 0 Å². The second-order valence-electron chi connectivity index (χ2n) is 6.67. The van der Waals surface area contributed by atoms with Crippen molar-refractivity contribution in [3.8, 4) is 11.5 Å². The van der Waals surface area contributed by atoms with Gasteiger partial charge in [-0.3, -0.25) is 14.9 Å². The molecular formula is C19H21ClN2O5S. The maximum absolute atomic E-state index is 13.3. The lowest BCUT2D eigenvalue weighted by atomic mass is 10.0. The molecule has 1 fully saturated rings. The van der Waals surface area contributed by atoms with Gasteiger partial charge in [-0.2, -0.15) is 0 Å². The number of benzene rings is 2. The third kappa shape index (κ3) is 4.30. The number of sulfone groups is 1. The Morgan fingerprint density at radius 1 is 1.21 bits per heavy atom. The number of nitrogens with zero attached hydrogens (tertiary/aromatic N) is 1. The zero-order chi connectivity index (χ0) is 20.3. The summed E-state index contributed by atoms with van der Waals surface area (Å²) in [5.74, 6) is 0.0629. The van der Waals surface area contributed by atoms with E-state index in [1.807, 2.05) is 0 Å². The van der Waals surface area contributed by atoms with Gasteiger partial charge in [-0.05, 0) is 62.8 Å². The van der Waals surface area contributed by atoms with E-state index < -0.39 is 27.0 Å². The Morgan fingerprint density at radius 3 is 2.57 bits per heavy atom. The van der Waals surface area contributed by atoms with E-state index in [0.29, 0.717) is 23.7 Å². The number of likely N-dealkylation sites (tertiary alicyclic amines) is 1. The Kier molecular flexibility index (Phi) is 6.24. The summed E-state index contributed by atoms with van der Waals surface area (Å²) in [5.41, 5.74) is 1.61. The van der Waals surface area contributed by atoms with Crippen molar-refractivity contribution in [1.82, 2.24) is 10.4 Å². The number of carbonyl (C=O) groups is 1. The molecule has 2 aromatic rings. The number of carbonyl (C=O) groups excluding carboxylic acids is 1. The first-order chi connectivity index (χ1) is 13.3. The average molecular weight is 425 g/mol. The summed E-state index contributed by atoms with van der Waals surface area (Å²) >= 11 is 5.88. The molecule has 0 spiro atoms. The highest BCUT2D eigenvalue weighted by Crippen LogP contribution is 2.34. The number of nitrogens with one attached hydrogen (secondary N) is 1. The lowest BCUT2D eigenvalue weighted by Gasteiger charge is -2.35. The van der Waals surface area contributed by atoms with Gasteiger partial charge >= 0.3 is 0 Å². The Bertz CT molecular complexity index is 949. The molecule has 0 saturated carbocycles. The zero-order valence-electron chi connectivity index (χ0n) is 15.2. The number of hydrogen-bond donors (Lipinski definition) is 2. The number of rotatable bonds is 5. The van der Waals surface area contributed by atoms with Crippen molar-refractivity contribution < 1.29 is 23.2 Å². The van der Waals surface area contributed by atoms with E-state index in [0.717, 1.165) is 0 Å². The number of halogens is 1. The molecule has 9 heteroatoms. The van der Waals surface area contributed by atoms with Crippen molar-refractivity contribution in [2.45, 2.75) is 29.0 Å². The summed E-state index contributed by atoms with van der Waals surface area (Å²) < 4.78 is 32.4. The monoisotopic (exact) mass is 424 g/mol. The average Bonchev–Trinajstić information content (AvgIpc) is 2.69. The van der Waals surface area contributed by atoms with Gasteiger partial charge in [0.2, 0.25) is 0 Å². The number of piperidine rings is 1. The van der Waals surface area contributed by atoms with E-state index in [1.165, 1.54) is 6.07 Å². The predicted octanol–water partition coefficient (Wildman–Crippen LogP) is 2.87. The SMILES string of the molecule is CN1CCC(S(=O)(=O)c2ccccc2Oc2ccc(Cl)cc2)CC1C(=O)NO. The molecule has 7 nitrogen and oxygen atoms in total. The number of likely N-dealkylation sites (N-methyl/N-ethyl adjacent to an activating group) is 1.